The number of halogens is 1. The summed E-state index contributed by atoms with van der Waals surface area (Å²) in [6.45, 7) is 0. The minimum Gasteiger partial charge on any atom is -0.378 e. The maximum absolute atomic E-state index is 13.2. The van der Waals surface area contributed by atoms with Crippen molar-refractivity contribution in [2.75, 3.05) is 10.6 Å². The van der Waals surface area contributed by atoms with Crippen molar-refractivity contribution in [3.63, 3.8) is 0 Å². The van der Waals surface area contributed by atoms with Crippen molar-refractivity contribution >= 4 is 11.4 Å². The second-order valence-electron chi connectivity index (χ2n) is 6.13. The van der Waals surface area contributed by atoms with Crippen LogP contribution in [0.5, 0.6) is 0 Å². The van der Waals surface area contributed by atoms with Gasteiger partial charge in [-0.15, -0.1) is 0 Å². The molecule has 24 heavy (non-hydrogen) atoms. The molecule has 0 aliphatic carbocycles. The highest BCUT2D eigenvalue weighted by molar-refractivity contribution is 5.59. The Morgan fingerprint density at radius 2 is 1.54 bits per heavy atom. The average molecular weight is 318 g/mol. The van der Waals surface area contributed by atoms with Crippen LogP contribution in [-0.2, 0) is 0 Å². The predicted octanol–water partition coefficient (Wildman–Crippen LogP) is 5.54. The van der Waals surface area contributed by atoms with Crippen molar-refractivity contribution in [2.45, 2.75) is 18.5 Å². The fourth-order valence-electron chi connectivity index (χ4n) is 3.33. The van der Waals surface area contributed by atoms with Gasteiger partial charge in [0, 0.05) is 11.4 Å². The molecule has 2 unspecified atom stereocenters. The van der Waals surface area contributed by atoms with Crippen molar-refractivity contribution in [1.82, 2.24) is 0 Å². The number of benzene rings is 3. The summed E-state index contributed by atoms with van der Waals surface area (Å²) in [7, 11) is 0. The third kappa shape index (κ3) is 2.98. The molecule has 0 spiro atoms. The van der Waals surface area contributed by atoms with Gasteiger partial charge in [0.25, 0.3) is 0 Å². The van der Waals surface area contributed by atoms with E-state index in [1.165, 1.54) is 17.7 Å². The van der Waals surface area contributed by atoms with E-state index in [4.69, 9.17) is 0 Å². The van der Waals surface area contributed by atoms with Gasteiger partial charge in [0.2, 0.25) is 0 Å². The Kier molecular flexibility index (Phi) is 3.91. The van der Waals surface area contributed by atoms with Gasteiger partial charge >= 0.3 is 0 Å². The van der Waals surface area contributed by atoms with Crippen LogP contribution < -0.4 is 10.6 Å². The van der Waals surface area contributed by atoms with Gasteiger partial charge in [0.1, 0.15) is 5.82 Å². The Labute approximate surface area is 141 Å². The zero-order valence-corrected chi connectivity index (χ0v) is 13.2. The maximum Gasteiger partial charge on any atom is 0.123 e. The topological polar surface area (TPSA) is 24.1 Å². The number of anilines is 2. The molecular formula is C21H19FN2. The molecular weight excluding hydrogens is 299 g/mol. The first-order valence-electron chi connectivity index (χ1n) is 8.22. The van der Waals surface area contributed by atoms with Crippen molar-refractivity contribution in [3.8, 4) is 0 Å². The highest BCUT2D eigenvalue weighted by Crippen LogP contribution is 2.40. The zero-order valence-electron chi connectivity index (χ0n) is 13.2. The summed E-state index contributed by atoms with van der Waals surface area (Å²) in [5, 5.41) is 7.22. The first-order valence-corrected chi connectivity index (χ1v) is 8.22. The summed E-state index contributed by atoms with van der Waals surface area (Å²) in [5.74, 6) is -0.200. The monoisotopic (exact) mass is 318 g/mol. The first-order chi connectivity index (χ1) is 11.8. The third-order valence-electron chi connectivity index (χ3n) is 4.52. The second kappa shape index (κ2) is 6.36. The molecule has 0 saturated heterocycles. The van der Waals surface area contributed by atoms with Crippen LogP contribution >= 0.6 is 0 Å². The zero-order chi connectivity index (χ0) is 16.4. The molecule has 0 amide bonds. The van der Waals surface area contributed by atoms with Crippen molar-refractivity contribution in [3.05, 3.63) is 95.8 Å². The van der Waals surface area contributed by atoms with Gasteiger partial charge in [-0.3, -0.25) is 0 Å². The number of fused-ring (bicyclic) bond motifs is 1. The molecule has 0 radical (unpaired) electrons. The normalized spacial score (nSPS) is 19.2. The first kappa shape index (κ1) is 14.8. The predicted molar refractivity (Wildman–Crippen MR) is 96.6 cm³/mol. The number of hydrogen-bond donors (Lipinski definition) is 2. The molecule has 4 rings (SSSR count). The lowest BCUT2D eigenvalue weighted by Crippen LogP contribution is -2.25. The SMILES string of the molecule is Fc1ccc(C2CC(Nc3ccccc3)c3ccccc3N2)cc1. The molecule has 2 N–H and O–H groups in total. The van der Waals surface area contributed by atoms with E-state index in [9.17, 15) is 4.39 Å². The lowest BCUT2D eigenvalue weighted by Gasteiger charge is -2.34. The Morgan fingerprint density at radius 3 is 2.33 bits per heavy atom. The molecule has 3 aromatic carbocycles. The standard InChI is InChI=1S/C21H19FN2/c22-16-12-10-15(11-13-16)20-14-21(23-17-6-2-1-3-7-17)18-8-4-5-9-19(18)24-20/h1-13,20-21,23-24H,14H2. The van der Waals surface area contributed by atoms with Gasteiger partial charge in [-0.1, -0.05) is 48.5 Å². The average Bonchev–Trinajstić information content (AvgIpc) is 2.63. The maximum atomic E-state index is 13.2. The van der Waals surface area contributed by atoms with Gasteiger partial charge in [-0.25, -0.2) is 4.39 Å². The van der Waals surface area contributed by atoms with Crippen molar-refractivity contribution in [2.24, 2.45) is 0 Å². The molecule has 1 heterocycles. The van der Waals surface area contributed by atoms with Crippen LogP contribution in [0, 0.1) is 5.82 Å². The van der Waals surface area contributed by atoms with Gasteiger partial charge in [0.05, 0.1) is 12.1 Å². The van der Waals surface area contributed by atoms with Crippen LogP contribution in [0.4, 0.5) is 15.8 Å². The third-order valence-corrected chi connectivity index (χ3v) is 4.52. The van der Waals surface area contributed by atoms with E-state index in [0.717, 1.165) is 23.4 Å². The molecule has 0 saturated carbocycles. The number of rotatable bonds is 3. The van der Waals surface area contributed by atoms with Crippen LogP contribution in [0.25, 0.3) is 0 Å². The molecule has 1 aliphatic heterocycles. The highest BCUT2D eigenvalue weighted by atomic mass is 19.1. The number of nitrogens with one attached hydrogen (secondary N) is 2. The molecule has 120 valence electrons. The van der Waals surface area contributed by atoms with E-state index in [-0.39, 0.29) is 17.9 Å². The summed E-state index contributed by atoms with van der Waals surface area (Å²) < 4.78 is 13.2. The summed E-state index contributed by atoms with van der Waals surface area (Å²) in [4.78, 5) is 0. The smallest absolute Gasteiger partial charge is 0.123 e. The van der Waals surface area contributed by atoms with Crippen LogP contribution in [0.2, 0.25) is 0 Å². The molecule has 3 heteroatoms. The summed E-state index contributed by atoms with van der Waals surface area (Å²) in [5.41, 5.74) is 4.61. The van der Waals surface area contributed by atoms with Crippen molar-refractivity contribution < 1.29 is 4.39 Å². The second-order valence-corrected chi connectivity index (χ2v) is 6.13. The van der Waals surface area contributed by atoms with E-state index in [1.54, 1.807) is 0 Å². The minimum atomic E-state index is -0.200. The molecule has 2 atom stereocenters. The molecule has 1 aliphatic rings. The molecule has 2 nitrogen and oxygen atoms in total. The molecule has 0 aromatic heterocycles. The van der Waals surface area contributed by atoms with E-state index >= 15 is 0 Å². The lowest BCUT2D eigenvalue weighted by molar-refractivity contribution is 0.585. The largest absolute Gasteiger partial charge is 0.378 e. The summed E-state index contributed by atoms with van der Waals surface area (Å²) >= 11 is 0. The Morgan fingerprint density at radius 1 is 0.833 bits per heavy atom. The van der Waals surface area contributed by atoms with Crippen LogP contribution in [0.15, 0.2) is 78.9 Å². The van der Waals surface area contributed by atoms with E-state index in [1.807, 2.05) is 36.4 Å². The molecule has 3 aromatic rings. The fourth-order valence-corrected chi connectivity index (χ4v) is 3.33. The van der Waals surface area contributed by atoms with E-state index in [0.29, 0.717) is 0 Å². The van der Waals surface area contributed by atoms with Crippen molar-refractivity contribution in [1.29, 1.82) is 0 Å². The minimum absolute atomic E-state index is 0.154. The number of hydrogen-bond acceptors (Lipinski definition) is 2. The summed E-state index contributed by atoms with van der Waals surface area (Å²) in [6, 6.07) is 25.7. The Hall–Kier alpha value is -2.81. The van der Waals surface area contributed by atoms with Crippen LogP contribution in [0.1, 0.15) is 29.6 Å². The Balaban J connectivity index is 1.66. The van der Waals surface area contributed by atoms with Gasteiger partial charge in [-0.2, -0.15) is 0 Å². The van der Waals surface area contributed by atoms with Gasteiger partial charge < -0.3 is 10.6 Å². The number of para-hydroxylation sites is 2. The van der Waals surface area contributed by atoms with Crippen LogP contribution in [0.3, 0.4) is 0 Å². The fraction of sp³-hybridized carbons (Fsp3) is 0.143. The highest BCUT2D eigenvalue weighted by Gasteiger charge is 2.27. The molecule has 0 bridgehead atoms. The van der Waals surface area contributed by atoms with E-state index < -0.39 is 0 Å². The van der Waals surface area contributed by atoms with Crippen LogP contribution in [-0.4, -0.2) is 0 Å². The van der Waals surface area contributed by atoms with Gasteiger partial charge in [0.15, 0.2) is 0 Å². The van der Waals surface area contributed by atoms with E-state index in [2.05, 4.69) is 41.0 Å². The molecule has 0 fully saturated rings. The lowest BCUT2D eigenvalue weighted by atomic mass is 9.89. The summed E-state index contributed by atoms with van der Waals surface area (Å²) in [6.07, 6.45) is 0.900. The van der Waals surface area contributed by atoms with Gasteiger partial charge in [-0.05, 0) is 47.9 Å². The quantitative estimate of drug-likeness (QED) is 0.663. The Bertz CT molecular complexity index is 815.